The maximum atomic E-state index is 12.1. The molecule has 116 valence electrons. The molecule has 2 aromatic rings. The van der Waals surface area contributed by atoms with Crippen LogP contribution >= 0.6 is 11.6 Å². The Bertz CT molecular complexity index is 806. The molecule has 1 amide bonds. The summed E-state index contributed by atoms with van der Waals surface area (Å²) in [5, 5.41) is 12.2. The van der Waals surface area contributed by atoms with Gasteiger partial charge in [0.25, 0.3) is 5.91 Å². The van der Waals surface area contributed by atoms with Gasteiger partial charge < -0.3 is 19.2 Å². The number of furan rings is 1. The van der Waals surface area contributed by atoms with E-state index in [0.29, 0.717) is 27.8 Å². The molecule has 6 nitrogen and oxygen atoms in total. The van der Waals surface area contributed by atoms with Crippen LogP contribution in [0.1, 0.15) is 11.3 Å². The molecule has 0 unspecified atom stereocenters. The highest BCUT2D eigenvalue weighted by Gasteiger charge is 2.17. The zero-order valence-electron chi connectivity index (χ0n) is 11.8. The monoisotopic (exact) mass is 330 g/mol. The van der Waals surface area contributed by atoms with E-state index in [-0.39, 0.29) is 18.9 Å². The zero-order chi connectivity index (χ0) is 16.2. The molecule has 0 bridgehead atoms. The number of nitrogens with one attached hydrogen (secondary N) is 1. The third-order valence-corrected chi connectivity index (χ3v) is 3.49. The molecule has 0 atom stereocenters. The first-order chi connectivity index (χ1) is 11.2. The average Bonchev–Trinajstić information content (AvgIpc) is 3.21. The van der Waals surface area contributed by atoms with Gasteiger partial charge in [0.05, 0.1) is 17.8 Å². The molecule has 1 aliphatic rings. The zero-order valence-corrected chi connectivity index (χ0v) is 12.6. The van der Waals surface area contributed by atoms with Crippen LogP contribution in [0.4, 0.5) is 0 Å². The second-order valence-electron chi connectivity index (χ2n) is 4.66. The van der Waals surface area contributed by atoms with E-state index in [1.165, 1.54) is 12.3 Å². The van der Waals surface area contributed by atoms with Gasteiger partial charge in [0, 0.05) is 6.07 Å². The second-order valence-corrected chi connectivity index (χ2v) is 5.07. The lowest BCUT2D eigenvalue weighted by atomic mass is 10.1. The Labute approximate surface area is 136 Å². The fraction of sp³-hybridized carbons (Fsp3) is 0.125. The van der Waals surface area contributed by atoms with Crippen LogP contribution in [0, 0.1) is 11.3 Å². The molecule has 1 N–H and O–H groups in total. The van der Waals surface area contributed by atoms with Crippen LogP contribution in [0.15, 0.2) is 40.5 Å². The number of fused-ring (bicyclic) bond motifs is 1. The molecule has 1 aromatic carbocycles. The Morgan fingerprint density at radius 3 is 2.87 bits per heavy atom. The summed E-state index contributed by atoms with van der Waals surface area (Å²) in [6.45, 7) is 0.313. The molecular weight excluding hydrogens is 320 g/mol. The number of hydrogen-bond donors (Lipinski definition) is 1. The summed E-state index contributed by atoms with van der Waals surface area (Å²) in [6.07, 6.45) is 2.91. The topological polar surface area (TPSA) is 84.5 Å². The van der Waals surface area contributed by atoms with Crippen molar-refractivity contribution in [2.75, 3.05) is 6.79 Å². The maximum Gasteiger partial charge on any atom is 0.262 e. The lowest BCUT2D eigenvalue weighted by molar-refractivity contribution is -0.117. The minimum atomic E-state index is -0.516. The Hall–Kier alpha value is -2.91. The van der Waals surface area contributed by atoms with Crippen LogP contribution < -0.4 is 14.8 Å². The molecule has 1 aliphatic heterocycles. The molecule has 0 fully saturated rings. The molecule has 7 heteroatoms. The van der Waals surface area contributed by atoms with Crippen LogP contribution in [0.2, 0.25) is 5.02 Å². The summed E-state index contributed by atoms with van der Waals surface area (Å²) in [5.41, 5.74) is 0.429. The summed E-state index contributed by atoms with van der Waals surface area (Å²) >= 11 is 6.14. The highest BCUT2D eigenvalue weighted by molar-refractivity contribution is 6.32. The lowest BCUT2D eigenvalue weighted by Gasteiger charge is -2.04. The highest BCUT2D eigenvalue weighted by Crippen LogP contribution is 2.37. The Kier molecular flexibility index (Phi) is 4.22. The van der Waals surface area contributed by atoms with E-state index >= 15 is 0 Å². The van der Waals surface area contributed by atoms with Gasteiger partial charge in [-0.2, -0.15) is 5.26 Å². The van der Waals surface area contributed by atoms with Gasteiger partial charge in [-0.3, -0.25) is 4.79 Å². The van der Waals surface area contributed by atoms with E-state index in [9.17, 15) is 10.1 Å². The minimum Gasteiger partial charge on any atom is -0.467 e. The highest BCUT2D eigenvalue weighted by atomic mass is 35.5. The third-order valence-electron chi connectivity index (χ3n) is 3.16. The van der Waals surface area contributed by atoms with E-state index in [1.807, 2.05) is 6.07 Å². The van der Waals surface area contributed by atoms with Gasteiger partial charge in [0.1, 0.15) is 17.4 Å². The number of halogens is 1. The number of amides is 1. The Balaban J connectivity index is 1.79. The number of carbonyl (C=O) groups excluding carboxylic acids is 1. The van der Waals surface area contributed by atoms with Crippen molar-refractivity contribution in [2.24, 2.45) is 0 Å². The summed E-state index contributed by atoms with van der Waals surface area (Å²) in [7, 11) is 0. The van der Waals surface area contributed by atoms with Crippen LogP contribution in [0.25, 0.3) is 6.08 Å². The second kappa shape index (κ2) is 6.46. The molecule has 2 heterocycles. The van der Waals surface area contributed by atoms with Crippen LogP contribution in [0.3, 0.4) is 0 Å². The van der Waals surface area contributed by atoms with E-state index < -0.39 is 5.91 Å². The number of benzene rings is 1. The number of rotatable bonds is 4. The predicted octanol–water partition coefficient (Wildman–Crippen LogP) is 2.89. The molecule has 0 radical (unpaired) electrons. The first-order valence-electron chi connectivity index (χ1n) is 6.69. The number of hydrogen-bond acceptors (Lipinski definition) is 5. The number of nitriles is 1. The largest absolute Gasteiger partial charge is 0.467 e. The molecule has 1 aromatic heterocycles. The van der Waals surface area contributed by atoms with Crippen molar-refractivity contribution < 1.29 is 18.7 Å². The van der Waals surface area contributed by atoms with Gasteiger partial charge in [-0.05, 0) is 29.8 Å². The SMILES string of the molecule is N#C/C(=C/c1cc2c(cc1Cl)OCO2)C(=O)NCc1ccco1. The normalized spacial score (nSPS) is 12.8. The van der Waals surface area contributed by atoms with Crippen molar-refractivity contribution in [3.8, 4) is 17.6 Å². The van der Waals surface area contributed by atoms with E-state index in [2.05, 4.69) is 5.32 Å². The van der Waals surface area contributed by atoms with Gasteiger partial charge in [0.2, 0.25) is 6.79 Å². The third kappa shape index (κ3) is 3.30. The fourth-order valence-electron chi connectivity index (χ4n) is 2.02. The first-order valence-corrected chi connectivity index (χ1v) is 7.06. The predicted molar refractivity (Wildman–Crippen MR) is 81.7 cm³/mol. The van der Waals surface area contributed by atoms with Gasteiger partial charge in [0.15, 0.2) is 11.5 Å². The van der Waals surface area contributed by atoms with Crippen molar-refractivity contribution in [3.05, 3.63) is 52.4 Å². The quantitative estimate of drug-likeness (QED) is 0.688. The molecule has 3 rings (SSSR count). The minimum absolute atomic E-state index is 0.0719. The number of nitrogens with zero attached hydrogens (tertiary/aromatic N) is 1. The van der Waals surface area contributed by atoms with E-state index in [0.717, 1.165) is 0 Å². The van der Waals surface area contributed by atoms with Crippen LogP contribution in [-0.2, 0) is 11.3 Å². The molecular formula is C16H11ClN2O4. The van der Waals surface area contributed by atoms with E-state index in [4.69, 9.17) is 25.5 Å². The van der Waals surface area contributed by atoms with Crippen molar-refractivity contribution in [1.29, 1.82) is 5.26 Å². The molecule has 0 spiro atoms. The smallest absolute Gasteiger partial charge is 0.262 e. The Morgan fingerprint density at radius 1 is 1.39 bits per heavy atom. The summed E-state index contributed by atoms with van der Waals surface area (Å²) in [4.78, 5) is 12.1. The van der Waals surface area contributed by atoms with E-state index in [1.54, 1.807) is 24.3 Å². The van der Waals surface area contributed by atoms with Gasteiger partial charge >= 0.3 is 0 Å². The summed E-state index contributed by atoms with van der Waals surface area (Å²) < 4.78 is 15.6. The number of carbonyl (C=O) groups is 1. The van der Waals surface area contributed by atoms with Gasteiger partial charge in [-0.1, -0.05) is 11.6 Å². The Morgan fingerprint density at radius 2 is 2.17 bits per heavy atom. The average molecular weight is 331 g/mol. The van der Waals surface area contributed by atoms with Crippen molar-refractivity contribution in [2.45, 2.75) is 6.54 Å². The maximum absolute atomic E-state index is 12.1. The van der Waals surface area contributed by atoms with Gasteiger partial charge in [-0.15, -0.1) is 0 Å². The van der Waals surface area contributed by atoms with Crippen molar-refractivity contribution in [3.63, 3.8) is 0 Å². The fourth-order valence-corrected chi connectivity index (χ4v) is 2.23. The summed E-state index contributed by atoms with van der Waals surface area (Å²) in [5.74, 6) is 1.14. The standard InChI is InChI=1S/C16H11ClN2O4/c17-13-6-15-14(22-9-23-15)5-10(13)4-11(7-18)16(20)19-8-12-2-1-3-21-12/h1-6H,8-9H2,(H,19,20)/b11-4-. The molecule has 0 saturated carbocycles. The van der Waals surface area contributed by atoms with Crippen LogP contribution in [0.5, 0.6) is 11.5 Å². The lowest BCUT2D eigenvalue weighted by Crippen LogP contribution is -2.23. The van der Waals surface area contributed by atoms with Crippen LogP contribution in [-0.4, -0.2) is 12.7 Å². The van der Waals surface area contributed by atoms with Gasteiger partial charge in [-0.25, -0.2) is 0 Å². The number of ether oxygens (including phenoxy) is 2. The van der Waals surface area contributed by atoms with Crippen molar-refractivity contribution in [1.82, 2.24) is 5.32 Å². The molecule has 0 saturated heterocycles. The summed E-state index contributed by atoms with van der Waals surface area (Å²) in [6, 6.07) is 8.52. The molecule has 0 aliphatic carbocycles. The van der Waals surface area contributed by atoms with Crippen molar-refractivity contribution >= 4 is 23.6 Å². The first kappa shape index (κ1) is 15.0. The molecule has 23 heavy (non-hydrogen) atoms.